The van der Waals surface area contributed by atoms with Crippen molar-refractivity contribution in [2.75, 3.05) is 26.3 Å². The molecule has 1 aliphatic carbocycles. The summed E-state index contributed by atoms with van der Waals surface area (Å²) in [4.78, 5) is 2.36. The Kier molecular flexibility index (Phi) is 4.78. The highest BCUT2D eigenvalue weighted by Gasteiger charge is 2.32. The van der Waals surface area contributed by atoms with Gasteiger partial charge in [0.05, 0.1) is 31.3 Å². The third kappa shape index (κ3) is 3.19. The van der Waals surface area contributed by atoms with Crippen LogP contribution in [0.2, 0.25) is 0 Å². The van der Waals surface area contributed by atoms with Gasteiger partial charge in [-0.05, 0) is 12.8 Å². The van der Waals surface area contributed by atoms with E-state index < -0.39 is 0 Å². The maximum atomic E-state index is 9.28. The first kappa shape index (κ1) is 12.8. The first-order chi connectivity index (χ1) is 8.35. The van der Waals surface area contributed by atoms with E-state index in [0.717, 1.165) is 25.9 Å². The molecule has 0 aromatic carbocycles. The molecule has 96 valence electrons. The minimum atomic E-state index is -0.0636. The summed E-state index contributed by atoms with van der Waals surface area (Å²) < 4.78 is 5.47. The van der Waals surface area contributed by atoms with Gasteiger partial charge in [0.15, 0.2) is 0 Å². The van der Waals surface area contributed by atoms with Gasteiger partial charge in [0.1, 0.15) is 0 Å². The fourth-order valence-electron chi connectivity index (χ4n) is 3.03. The van der Waals surface area contributed by atoms with Crippen molar-refractivity contribution < 1.29 is 9.84 Å². The van der Waals surface area contributed by atoms with Crippen molar-refractivity contribution in [2.24, 2.45) is 5.92 Å². The van der Waals surface area contributed by atoms with Crippen LogP contribution in [0, 0.1) is 17.2 Å². The number of hydrogen-bond donors (Lipinski definition) is 1. The summed E-state index contributed by atoms with van der Waals surface area (Å²) in [6.07, 6.45) is 5.75. The minimum Gasteiger partial charge on any atom is -0.394 e. The number of nitriles is 1. The lowest BCUT2D eigenvalue weighted by Gasteiger charge is -2.39. The van der Waals surface area contributed by atoms with Gasteiger partial charge < -0.3 is 9.84 Å². The molecule has 3 atom stereocenters. The lowest BCUT2D eigenvalue weighted by molar-refractivity contribution is -0.0697. The molecule has 0 aromatic heterocycles. The third-order valence-electron chi connectivity index (χ3n) is 3.99. The topological polar surface area (TPSA) is 56.5 Å². The number of aliphatic hydroxyl groups excluding tert-OH is 1. The highest BCUT2D eigenvalue weighted by atomic mass is 16.5. The van der Waals surface area contributed by atoms with Gasteiger partial charge in [-0.25, -0.2) is 0 Å². The Labute approximate surface area is 103 Å². The molecule has 1 N–H and O–H groups in total. The van der Waals surface area contributed by atoms with Gasteiger partial charge in [-0.1, -0.05) is 19.3 Å². The number of hydrogen-bond acceptors (Lipinski definition) is 4. The van der Waals surface area contributed by atoms with Crippen LogP contribution in [-0.2, 0) is 4.74 Å². The molecule has 3 unspecified atom stereocenters. The second-order valence-electron chi connectivity index (χ2n) is 5.11. The Morgan fingerprint density at radius 2 is 2.12 bits per heavy atom. The zero-order valence-corrected chi connectivity index (χ0v) is 10.3. The van der Waals surface area contributed by atoms with Gasteiger partial charge in [0, 0.05) is 19.1 Å². The van der Waals surface area contributed by atoms with E-state index in [1.165, 1.54) is 19.3 Å². The Bertz CT molecular complexity index is 277. The number of rotatable bonds is 2. The largest absolute Gasteiger partial charge is 0.394 e. The first-order valence-electron chi connectivity index (χ1n) is 6.71. The standard InChI is InChI=1S/C13H22N2O2/c14-8-11-4-2-1-3-5-13(11)15-6-7-17-12(9-15)10-16/h11-13,16H,1-7,9-10H2. The Hall–Kier alpha value is -0.630. The molecule has 0 spiro atoms. The molecule has 0 bridgehead atoms. The molecule has 0 aromatic rings. The van der Waals surface area contributed by atoms with Crippen molar-refractivity contribution in [3.05, 3.63) is 0 Å². The van der Waals surface area contributed by atoms with E-state index >= 15 is 0 Å². The normalized spacial score (nSPS) is 36.1. The second-order valence-corrected chi connectivity index (χ2v) is 5.11. The Morgan fingerprint density at radius 1 is 1.29 bits per heavy atom. The predicted octanol–water partition coefficient (Wildman–Crippen LogP) is 1.15. The summed E-state index contributed by atoms with van der Waals surface area (Å²) in [7, 11) is 0. The van der Waals surface area contributed by atoms with Crippen LogP contribution in [0.1, 0.15) is 32.1 Å². The summed E-state index contributed by atoms with van der Waals surface area (Å²) in [5, 5.41) is 18.5. The van der Waals surface area contributed by atoms with E-state index in [0.29, 0.717) is 12.6 Å². The van der Waals surface area contributed by atoms with Gasteiger partial charge in [-0.15, -0.1) is 0 Å². The third-order valence-corrected chi connectivity index (χ3v) is 3.99. The van der Waals surface area contributed by atoms with Crippen LogP contribution in [0.15, 0.2) is 0 Å². The summed E-state index contributed by atoms with van der Waals surface area (Å²) in [6, 6.07) is 2.85. The average molecular weight is 238 g/mol. The summed E-state index contributed by atoms with van der Waals surface area (Å²) in [5.41, 5.74) is 0. The average Bonchev–Trinajstić information content (AvgIpc) is 2.63. The zero-order valence-electron chi connectivity index (χ0n) is 10.3. The van der Waals surface area contributed by atoms with Crippen molar-refractivity contribution in [3.63, 3.8) is 0 Å². The number of aliphatic hydroxyl groups is 1. The molecular formula is C13H22N2O2. The number of ether oxygens (including phenoxy) is 1. The van der Waals surface area contributed by atoms with Gasteiger partial charge >= 0.3 is 0 Å². The van der Waals surface area contributed by atoms with E-state index in [-0.39, 0.29) is 18.6 Å². The van der Waals surface area contributed by atoms with E-state index in [2.05, 4.69) is 11.0 Å². The Balaban J connectivity index is 2.00. The Morgan fingerprint density at radius 3 is 2.88 bits per heavy atom. The SMILES string of the molecule is N#CC1CCCCCC1N1CCOC(CO)C1. The van der Waals surface area contributed by atoms with Crippen LogP contribution in [0.5, 0.6) is 0 Å². The van der Waals surface area contributed by atoms with E-state index in [1.54, 1.807) is 0 Å². The lowest BCUT2D eigenvalue weighted by atomic mass is 9.94. The molecule has 2 fully saturated rings. The quantitative estimate of drug-likeness (QED) is 0.733. The van der Waals surface area contributed by atoms with Gasteiger partial charge in [0.2, 0.25) is 0 Å². The number of morpholine rings is 1. The second kappa shape index (κ2) is 6.34. The van der Waals surface area contributed by atoms with Gasteiger partial charge in [-0.3, -0.25) is 4.90 Å². The fourth-order valence-corrected chi connectivity index (χ4v) is 3.03. The molecule has 1 aliphatic heterocycles. The van der Waals surface area contributed by atoms with Crippen LogP contribution in [0.4, 0.5) is 0 Å². The van der Waals surface area contributed by atoms with Crippen LogP contribution in [0.25, 0.3) is 0 Å². The maximum Gasteiger partial charge on any atom is 0.0932 e. The summed E-state index contributed by atoms with van der Waals surface area (Å²) in [5.74, 6) is 0.162. The zero-order chi connectivity index (χ0) is 12.1. The first-order valence-corrected chi connectivity index (χ1v) is 6.71. The molecule has 1 saturated carbocycles. The molecule has 17 heavy (non-hydrogen) atoms. The smallest absolute Gasteiger partial charge is 0.0932 e. The molecule has 2 aliphatic rings. The lowest BCUT2D eigenvalue weighted by Crippen LogP contribution is -2.50. The monoisotopic (exact) mass is 238 g/mol. The molecule has 4 heteroatoms. The molecule has 1 heterocycles. The summed E-state index contributed by atoms with van der Waals surface area (Å²) >= 11 is 0. The van der Waals surface area contributed by atoms with Crippen molar-refractivity contribution in [1.82, 2.24) is 4.90 Å². The van der Waals surface area contributed by atoms with E-state index in [9.17, 15) is 5.26 Å². The van der Waals surface area contributed by atoms with E-state index in [1.807, 2.05) is 0 Å². The van der Waals surface area contributed by atoms with Crippen LogP contribution < -0.4 is 0 Å². The fraction of sp³-hybridized carbons (Fsp3) is 0.923. The van der Waals surface area contributed by atoms with Crippen molar-refractivity contribution in [2.45, 2.75) is 44.2 Å². The van der Waals surface area contributed by atoms with Crippen LogP contribution >= 0.6 is 0 Å². The van der Waals surface area contributed by atoms with Gasteiger partial charge in [0.25, 0.3) is 0 Å². The highest BCUT2D eigenvalue weighted by Crippen LogP contribution is 2.28. The molecule has 4 nitrogen and oxygen atoms in total. The van der Waals surface area contributed by atoms with Crippen molar-refractivity contribution in [3.8, 4) is 6.07 Å². The van der Waals surface area contributed by atoms with Crippen molar-refractivity contribution in [1.29, 1.82) is 5.26 Å². The molecule has 2 rings (SSSR count). The maximum absolute atomic E-state index is 9.28. The molecular weight excluding hydrogens is 216 g/mol. The molecule has 0 radical (unpaired) electrons. The van der Waals surface area contributed by atoms with Crippen LogP contribution in [0.3, 0.4) is 0 Å². The summed E-state index contributed by atoms with van der Waals surface area (Å²) in [6.45, 7) is 2.44. The minimum absolute atomic E-state index is 0.0636. The van der Waals surface area contributed by atoms with Crippen LogP contribution in [-0.4, -0.2) is 48.5 Å². The highest BCUT2D eigenvalue weighted by molar-refractivity contribution is 4.95. The molecule has 1 saturated heterocycles. The predicted molar refractivity (Wildman–Crippen MR) is 64.4 cm³/mol. The van der Waals surface area contributed by atoms with Crippen molar-refractivity contribution >= 4 is 0 Å². The number of nitrogens with zero attached hydrogens (tertiary/aromatic N) is 2. The van der Waals surface area contributed by atoms with E-state index in [4.69, 9.17) is 9.84 Å². The molecule has 0 amide bonds. The van der Waals surface area contributed by atoms with Gasteiger partial charge in [-0.2, -0.15) is 5.26 Å².